The van der Waals surface area contributed by atoms with Crippen molar-refractivity contribution in [3.63, 3.8) is 0 Å². The Hall–Kier alpha value is -3.82. The van der Waals surface area contributed by atoms with Crippen LogP contribution in [0.4, 0.5) is 4.39 Å². The number of fused-ring (bicyclic) bond motifs is 1. The first-order valence-corrected chi connectivity index (χ1v) is 14.9. The Bertz CT molecular complexity index is 1770. The standard InChI is InChI=1S/C34H35BFN3O4/c1-32(2)33(3,4)43-35(42-32)24-12-10-22(11-13-24)23-17-34(18-23)19-39(20-34)31(41)27-15-21(9-14-28(27)36)16-29-25-7-5-6-8-26(25)30(40)38-37-29/h5-15,23H,16-20H2,1-4H3,(H,38,40). The lowest BCUT2D eigenvalue weighted by molar-refractivity contribution is -0.0555. The molecule has 220 valence electrons. The summed E-state index contributed by atoms with van der Waals surface area (Å²) in [6.45, 7) is 9.51. The fourth-order valence-electron chi connectivity index (χ4n) is 6.81. The normalized spacial score (nSPS) is 20.3. The quantitative estimate of drug-likeness (QED) is 0.338. The zero-order valence-electron chi connectivity index (χ0n) is 24.9. The van der Waals surface area contributed by atoms with Gasteiger partial charge in [0.2, 0.25) is 0 Å². The van der Waals surface area contributed by atoms with Crippen LogP contribution < -0.4 is 11.0 Å². The number of rotatable bonds is 5. The Morgan fingerprint density at radius 1 is 0.977 bits per heavy atom. The number of aromatic amines is 1. The van der Waals surface area contributed by atoms with Gasteiger partial charge in [0.1, 0.15) is 5.82 Å². The molecule has 1 N–H and O–H groups in total. The number of halogens is 1. The molecule has 2 saturated heterocycles. The van der Waals surface area contributed by atoms with Gasteiger partial charge in [-0.3, -0.25) is 9.59 Å². The molecule has 1 spiro atoms. The third-order valence-corrected chi connectivity index (χ3v) is 10.0. The second kappa shape index (κ2) is 9.86. The molecular formula is C34H35BFN3O4. The van der Waals surface area contributed by atoms with E-state index in [1.807, 2.05) is 12.1 Å². The molecule has 7 rings (SSSR count). The van der Waals surface area contributed by atoms with Crippen LogP contribution in [-0.2, 0) is 15.7 Å². The molecule has 9 heteroatoms. The highest BCUT2D eigenvalue weighted by molar-refractivity contribution is 6.62. The summed E-state index contributed by atoms with van der Waals surface area (Å²) in [5.74, 6) is -0.355. The lowest BCUT2D eigenvalue weighted by atomic mass is 9.56. The molecule has 0 bridgehead atoms. The predicted octanol–water partition coefficient (Wildman–Crippen LogP) is 4.97. The predicted molar refractivity (Wildman–Crippen MR) is 164 cm³/mol. The van der Waals surface area contributed by atoms with Gasteiger partial charge in [0, 0.05) is 30.3 Å². The van der Waals surface area contributed by atoms with Gasteiger partial charge < -0.3 is 14.2 Å². The van der Waals surface area contributed by atoms with Crippen molar-refractivity contribution < 1.29 is 18.5 Å². The van der Waals surface area contributed by atoms with E-state index >= 15 is 0 Å². The van der Waals surface area contributed by atoms with Gasteiger partial charge in [0.05, 0.1) is 27.8 Å². The first-order chi connectivity index (χ1) is 20.4. The van der Waals surface area contributed by atoms with Gasteiger partial charge in [-0.1, -0.05) is 48.5 Å². The number of nitrogens with zero attached hydrogens (tertiary/aromatic N) is 2. The van der Waals surface area contributed by atoms with E-state index in [1.54, 1.807) is 29.2 Å². The minimum Gasteiger partial charge on any atom is -0.399 e. The van der Waals surface area contributed by atoms with E-state index in [-0.39, 0.29) is 40.8 Å². The van der Waals surface area contributed by atoms with Crippen LogP contribution >= 0.6 is 0 Å². The van der Waals surface area contributed by atoms with Gasteiger partial charge >= 0.3 is 7.12 Å². The number of amides is 1. The number of hydrogen-bond donors (Lipinski definition) is 1. The molecule has 0 radical (unpaired) electrons. The number of carbonyl (C=O) groups is 1. The molecule has 3 aromatic carbocycles. The first-order valence-electron chi connectivity index (χ1n) is 14.9. The van der Waals surface area contributed by atoms with E-state index in [2.05, 4.69) is 62.2 Å². The molecule has 2 aliphatic heterocycles. The summed E-state index contributed by atoms with van der Waals surface area (Å²) in [4.78, 5) is 27.2. The number of nitrogens with one attached hydrogen (secondary N) is 1. The molecule has 3 aliphatic rings. The largest absolute Gasteiger partial charge is 0.494 e. The minimum atomic E-state index is -0.525. The SMILES string of the molecule is CC1(C)OB(c2ccc(C3CC4(C3)CN(C(=O)c3cc(Cc5n[nH]c(=O)c6ccccc56)ccc3F)C4)cc2)OC1(C)C. The summed E-state index contributed by atoms with van der Waals surface area (Å²) in [6, 6.07) is 20.4. The van der Waals surface area contributed by atoms with Gasteiger partial charge in [-0.15, -0.1) is 0 Å². The van der Waals surface area contributed by atoms with E-state index in [9.17, 15) is 14.0 Å². The van der Waals surface area contributed by atoms with Crippen molar-refractivity contribution >= 4 is 29.3 Å². The molecule has 1 amide bonds. The maximum atomic E-state index is 14.9. The molecular weight excluding hydrogens is 544 g/mol. The van der Waals surface area contributed by atoms with Crippen LogP contribution in [0.25, 0.3) is 10.8 Å². The zero-order chi connectivity index (χ0) is 30.1. The molecule has 7 nitrogen and oxygen atoms in total. The van der Waals surface area contributed by atoms with Gasteiger partial charge in [-0.2, -0.15) is 5.10 Å². The van der Waals surface area contributed by atoms with E-state index in [0.29, 0.717) is 36.5 Å². The van der Waals surface area contributed by atoms with Crippen molar-refractivity contribution in [3.05, 3.63) is 105 Å². The van der Waals surface area contributed by atoms with Crippen LogP contribution in [0.5, 0.6) is 0 Å². The second-order valence-corrected chi connectivity index (χ2v) is 13.6. The van der Waals surface area contributed by atoms with Gasteiger partial charge in [-0.05, 0) is 81.2 Å². The average Bonchev–Trinajstić information content (AvgIpc) is 3.16. The molecule has 1 aliphatic carbocycles. The lowest BCUT2D eigenvalue weighted by Crippen LogP contribution is -2.63. The summed E-state index contributed by atoms with van der Waals surface area (Å²) in [6.07, 6.45) is 2.40. The molecule has 1 aromatic heterocycles. The van der Waals surface area contributed by atoms with Crippen LogP contribution in [0.1, 0.15) is 73.6 Å². The fraction of sp³-hybridized carbons (Fsp3) is 0.382. The molecule has 1 saturated carbocycles. The van der Waals surface area contributed by atoms with Crippen LogP contribution in [-0.4, -0.2) is 52.4 Å². The van der Waals surface area contributed by atoms with Gasteiger partial charge in [0.15, 0.2) is 0 Å². The van der Waals surface area contributed by atoms with Crippen LogP contribution in [0.15, 0.2) is 71.5 Å². The minimum absolute atomic E-state index is 0.0789. The van der Waals surface area contributed by atoms with Crippen molar-refractivity contribution in [1.29, 1.82) is 0 Å². The average molecular weight is 579 g/mol. The van der Waals surface area contributed by atoms with Crippen LogP contribution in [0.3, 0.4) is 0 Å². The van der Waals surface area contributed by atoms with Crippen molar-refractivity contribution in [2.75, 3.05) is 13.1 Å². The number of benzene rings is 3. The third-order valence-electron chi connectivity index (χ3n) is 10.0. The highest BCUT2D eigenvalue weighted by atomic mass is 19.1. The van der Waals surface area contributed by atoms with Crippen LogP contribution in [0, 0.1) is 11.2 Å². The van der Waals surface area contributed by atoms with E-state index in [0.717, 1.165) is 29.3 Å². The van der Waals surface area contributed by atoms with Crippen LogP contribution in [0.2, 0.25) is 0 Å². The highest BCUT2D eigenvalue weighted by Gasteiger charge is 2.54. The summed E-state index contributed by atoms with van der Waals surface area (Å²) >= 11 is 0. The van der Waals surface area contributed by atoms with Crippen molar-refractivity contribution in [1.82, 2.24) is 15.1 Å². The number of carbonyl (C=O) groups excluding carboxylic acids is 1. The summed E-state index contributed by atoms with van der Waals surface area (Å²) in [7, 11) is -0.371. The molecule has 0 unspecified atom stereocenters. The summed E-state index contributed by atoms with van der Waals surface area (Å²) < 4.78 is 27.2. The maximum Gasteiger partial charge on any atom is 0.494 e. The number of hydrogen-bond acceptors (Lipinski definition) is 5. The fourth-order valence-corrected chi connectivity index (χ4v) is 6.81. The Balaban J connectivity index is 0.979. The Morgan fingerprint density at radius 2 is 1.63 bits per heavy atom. The smallest absolute Gasteiger partial charge is 0.399 e. The first kappa shape index (κ1) is 28.0. The lowest BCUT2D eigenvalue weighted by Gasteiger charge is -2.59. The molecule has 4 aromatic rings. The molecule has 43 heavy (non-hydrogen) atoms. The number of aromatic nitrogens is 2. The van der Waals surface area contributed by atoms with Crippen molar-refractivity contribution in [2.45, 2.75) is 64.1 Å². The zero-order valence-corrected chi connectivity index (χ0v) is 24.9. The topological polar surface area (TPSA) is 84.5 Å². The second-order valence-electron chi connectivity index (χ2n) is 13.6. The maximum absolute atomic E-state index is 14.9. The Kier molecular flexibility index (Phi) is 6.42. The summed E-state index contributed by atoms with van der Waals surface area (Å²) in [5.41, 5.74) is 2.94. The number of likely N-dealkylation sites (tertiary alicyclic amines) is 1. The van der Waals surface area contributed by atoms with Gasteiger partial charge in [0.25, 0.3) is 11.5 Å². The van der Waals surface area contributed by atoms with Crippen molar-refractivity contribution in [2.24, 2.45) is 5.41 Å². The Labute approximate surface area is 250 Å². The Morgan fingerprint density at radius 3 is 2.30 bits per heavy atom. The van der Waals surface area contributed by atoms with E-state index in [4.69, 9.17) is 9.31 Å². The van der Waals surface area contributed by atoms with E-state index < -0.39 is 5.82 Å². The van der Waals surface area contributed by atoms with E-state index in [1.165, 1.54) is 11.6 Å². The third kappa shape index (κ3) is 4.79. The molecule has 0 atom stereocenters. The van der Waals surface area contributed by atoms with Gasteiger partial charge in [-0.25, -0.2) is 9.49 Å². The monoisotopic (exact) mass is 579 g/mol. The molecule has 3 fully saturated rings. The molecule has 3 heterocycles. The summed E-state index contributed by atoms with van der Waals surface area (Å²) in [5, 5.41) is 8.07. The highest BCUT2D eigenvalue weighted by Crippen LogP contribution is 2.56. The van der Waals surface area contributed by atoms with Crippen molar-refractivity contribution in [3.8, 4) is 0 Å². The number of H-pyrrole nitrogens is 1.